The van der Waals surface area contributed by atoms with Gasteiger partial charge in [-0.3, -0.25) is 8.63 Å². The lowest BCUT2D eigenvalue weighted by Crippen LogP contribution is -2.22. The van der Waals surface area contributed by atoms with Crippen molar-refractivity contribution in [3.63, 3.8) is 0 Å². The molecule has 6 nitrogen and oxygen atoms in total. The summed E-state index contributed by atoms with van der Waals surface area (Å²) in [4.78, 5) is 30.3. The van der Waals surface area contributed by atoms with Gasteiger partial charge < -0.3 is 14.0 Å². The quantitative estimate of drug-likeness (QED) is 0.175. The van der Waals surface area contributed by atoms with Crippen LogP contribution in [-0.4, -0.2) is 40.7 Å². The van der Waals surface area contributed by atoms with Crippen LogP contribution >= 0.6 is 0 Å². The van der Waals surface area contributed by atoms with Gasteiger partial charge in [0.1, 0.15) is 11.2 Å². The second kappa shape index (κ2) is 13.4. The Balaban J connectivity index is 1.75. The van der Waals surface area contributed by atoms with Gasteiger partial charge in [-0.2, -0.15) is 0 Å². The van der Waals surface area contributed by atoms with Crippen molar-refractivity contribution in [2.24, 2.45) is 4.99 Å². The minimum Gasteiger partial charge on any atom is -0.457 e. The highest BCUT2D eigenvalue weighted by molar-refractivity contribution is 6.42. The molecule has 0 spiro atoms. The minimum absolute atomic E-state index is 0.324. The standard InChI is InChI=1S/C37H43BF2N2O4/c1-36(2,3)45-31(43)22-20-29-25-16-10-12-18-27(25)34(41-29)33(24-14-8-7-9-15-24)35-28-19-13-11-17-26(28)30(42(35)38(39)40)21-23-32(44)46-37(4,5)6/h7-9,14-15,20-23H,10-13,16-19H2,1-6H3/b22-20+,23-21+,34-33-. The second-order valence-electron chi connectivity index (χ2n) is 14.0. The molecule has 5 rings (SSSR count). The number of halogens is 2. The molecule has 1 aromatic carbocycles. The summed E-state index contributed by atoms with van der Waals surface area (Å²) < 4.78 is 42.8. The Morgan fingerprint density at radius 2 is 1.33 bits per heavy atom. The number of aromatic nitrogens is 1. The average Bonchev–Trinajstić information content (AvgIpc) is 3.50. The Labute approximate surface area is 271 Å². The molecule has 0 unspecified atom stereocenters. The van der Waals surface area contributed by atoms with Crippen molar-refractivity contribution in [3.05, 3.63) is 93.5 Å². The highest BCUT2D eigenvalue weighted by Gasteiger charge is 2.36. The minimum atomic E-state index is -2.87. The first-order valence-electron chi connectivity index (χ1n) is 16.2. The van der Waals surface area contributed by atoms with Crippen LogP contribution < -0.4 is 0 Å². The van der Waals surface area contributed by atoms with Crippen LogP contribution in [0.2, 0.25) is 0 Å². The first kappa shape index (κ1) is 33.4. The van der Waals surface area contributed by atoms with Gasteiger partial charge in [0.25, 0.3) is 0 Å². The number of hydrogen-bond donors (Lipinski definition) is 0. The topological polar surface area (TPSA) is 69.9 Å². The number of rotatable bonds is 7. The predicted octanol–water partition coefficient (Wildman–Crippen LogP) is 8.48. The van der Waals surface area contributed by atoms with Crippen LogP contribution in [0.4, 0.5) is 8.63 Å². The van der Waals surface area contributed by atoms with E-state index in [2.05, 4.69) is 0 Å². The van der Waals surface area contributed by atoms with Crippen molar-refractivity contribution in [1.29, 1.82) is 0 Å². The summed E-state index contributed by atoms with van der Waals surface area (Å²) in [6.07, 6.45) is 12.3. The molecule has 0 N–H and O–H groups in total. The van der Waals surface area contributed by atoms with Crippen molar-refractivity contribution in [2.45, 2.75) is 104 Å². The molecule has 2 aliphatic carbocycles. The van der Waals surface area contributed by atoms with Gasteiger partial charge in [0.15, 0.2) is 0 Å². The number of nitrogens with zero attached hydrogens (tertiary/aromatic N) is 2. The first-order chi connectivity index (χ1) is 21.7. The molecule has 9 heteroatoms. The van der Waals surface area contributed by atoms with Crippen molar-refractivity contribution in [3.8, 4) is 0 Å². The van der Waals surface area contributed by atoms with Crippen molar-refractivity contribution >= 4 is 36.7 Å². The van der Waals surface area contributed by atoms with Crippen LogP contribution in [0.1, 0.15) is 108 Å². The molecule has 0 atom stereocenters. The van der Waals surface area contributed by atoms with E-state index < -0.39 is 30.5 Å². The molecule has 3 aliphatic rings. The number of fused-ring (bicyclic) bond motifs is 1. The Morgan fingerprint density at radius 3 is 1.91 bits per heavy atom. The molecule has 0 saturated carbocycles. The Hall–Kier alpha value is -4.01. The fourth-order valence-corrected chi connectivity index (χ4v) is 6.52. The molecule has 0 saturated heterocycles. The van der Waals surface area contributed by atoms with Gasteiger partial charge >= 0.3 is 19.3 Å². The highest BCUT2D eigenvalue weighted by atomic mass is 19.2. The van der Waals surface area contributed by atoms with Crippen LogP contribution in [-0.2, 0) is 31.9 Å². The predicted molar refractivity (Wildman–Crippen MR) is 180 cm³/mol. The summed E-state index contributed by atoms with van der Waals surface area (Å²) in [5, 5.41) is 0. The summed E-state index contributed by atoms with van der Waals surface area (Å²) in [7, 11) is -2.87. The van der Waals surface area contributed by atoms with Crippen LogP contribution in [0.15, 0.2) is 70.4 Å². The monoisotopic (exact) mass is 628 g/mol. The molecule has 1 aromatic heterocycles. The number of hydrogen-bond acceptors (Lipinski definition) is 5. The number of carbonyl (C=O) groups excluding carboxylic acids is 2. The number of ether oxygens (including phenoxy) is 2. The maximum absolute atomic E-state index is 15.4. The van der Waals surface area contributed by atoms with E-state index in [1.165, 1.54) is 18.2 Å². The lowest BCUT2D eigenvalue weighted by molar-refractivity contribution is -0.149. The third-order valence-corrected chi connectivity index (χ3v) is 8.16. The van der Waals surface area contributed by atoms with E-state index in [9.17, 15) is 9.59 Å². The van der Waals surface area contributed by atoms with E-state index in [1.807, 2.05) is 51.1 Å². The van der Waals surface area contributed by atoms with Gasteiger partial charge in [0.05, 0.1) is 11.4 Å². The van der Waals surface area contributed by atoms with Crippen LogP contribution in [0.3, 0.4) is 0 Å². The summed E-state index contributed by atoms with van der Waals surface area (Å²) in [5.41, 5.74) is 5.97. The molecule has 2 heterocycles. The van der Waals surface area contributed by atoms with E-state index in [-0.39, 0.29) is 0 Å². The van der Waals surface area contributed by atoms with Gasteiger partial charge in [0.2, 0.25) is 0 Å². The van der Waals surface area contributed by atoms with E-state index >= 15 is 8.63 Å². The number of esters is 2. The van der Waals surface area contributed by atoms with Gasteiger partial charge in [-0.15, -0.1) is 0 Å². The molecular formula is C37H43BF2N2O4. The Bertz CT molecular complexity index is 1660. The number of carbonyl (C=O) groups is 2. The molecular weight excluding hydrogens is 585 g/mol. The second-order valence-corrected chi connectivity index (χ2v) is 14.0. The summed E-state index contributed by atoms with van der Waals surface area (Å²) in [6.45, 7) is 10.8. The molecule has 0 bridgehead atoms. The maximum Gasteiger partial charge on any atom is 0.678 e. The molecule has 242 valence electrons. The van der Waals surface area contributed by atoms with E-state index in [1.54, 1.807) is 26.8 Å². The number of aliphatic imine (C=N–C) groups is 1. The SMILES string of the molecule is CC(C)(C)OC(=O)/C=C/C1=NC(=C(/c2ccccc2)c2c3c(c(/C=C/C(=O)OC(C)(C)C)n2B(F)F)CCCC3)/C2=C1CCCC2. The lowest BCUT2D eigenvalue weighted by atomic mass is 9.84. The lowest BCUT2D eigenvalue weighted by Gasteiger charge is -2.21. The van der Waals surface area contributed by atoms with Gasteiger partial charge in [-0.1, -0.05) is 30.3 Å². The molecule has 1 aliphatic heterocycles. The van der Waals surface area contributed by atoms with Gasteiger partial charge in [-0.25, -0.2) is 14.6 Å². The normalized spacial score (nSPS) is 18.0. The number of benzene rings is 1. The number of allylic oxidation sites excluding steroid dienone is 3. The third-order valence-electron chi connectivity index (χ3n) is 8.16. The Kier molecular flexibility index (Phi) is 9.71. The Morgan fingerprint density at radius 1 is 0.783 bits per heavy atom. The zero-order chi connectivity index (χ0) is 33.2. The van der Waals surface area contributed by atoms with Crippen molar-refractivity contribution in [2.75, 3.05) is 0 Å². The van der Waals surface area contributed by atoms with Crippen molar-refractivity contribution in [1.82, 2.24) is 4.48 Å². The van der Waals surface area contributed by atoms with Crippen molar-refractivity contribution < 1.29 is 27.7 Å². The summed E-state index contributed by atoms with van der Waals surface area (Å²) in [6, 6.07) is 9.58. The summed E-state index contributed by atoms with van der Waals surface area (Å²) >= 11 is 0. The van der Waals surface area contributed by atoms with E-state index in [0.29, 0.717) is 41.2 Å². The first-order valence-corrected chi connectivity index (χ1v) is 16.2. The smallest absolute Gasteiger partial charge is 0.457 e. The average molecular weight is 629 g/mol. The fraction of sp³-hybridized carbons (Fsp3) is 0.432. The largest absolute Gasteiger partial charge is 0.678 e. The van der Waals surface area contributed by atoms with E-state index in [4.69, 9.17) is 14.5 Å². The molecule has 0 radical (unpaired) electrons. The zero-order valence-corrected chi connectivity index (χ0v) is 27.7. The maximum atomic E-state index is 15.4. The third kappa shape index (κ3) is 7.51. The van der Waals surface area contributed by atoms with Crippen LogP contribution in [0.25, 0.3) is 11.6 Å². The van der Waals surface area contributed by atoms with Crippen LogP contribution in [0, 0.1) is 0 Å². The molecule has 0 amide bonds. The fourth-order valence-electron chi connectivity index (χ4n) is 6.52. The van der Waals surface area contributed by atoms with Crippen LogP contribution in [0.5, 0.6) is 0 Å². The van der Waals surface area contributed by atoms with Gasteiger partial charge in [0, 0.05) is 29.1 Å². The van der Waals surface area contributed by atoms with Gasteiger partial charge in [-0.05, 0) is 133 Å². The summed E-state index contributed by atoms with van der Waals surface area (Å²) in [5.74, 6) is -1.04. The molecule has 2 aromatic rings. The molecule has 46 heavy (non-hydrogen) atoms. The highest BCUT2D eigenvalue weighted by Crippen LogP contribution is 2.45. The van der Waals surface area contributed by atoms with E-state index in [0.717, 1.165) is 70.8 Å². The zero-order valence-electron chi connectivity index (χ0n) is 27.7. The molecule has 0 fully saturated rings.